The van der Waals surface area contributed by atoms with E-state index in [0.29, 0.717) is 13.2 Å². The van der Waals surface area contributed by atoms with E-state index in [1.807, 2.05) is 18.2 Å². The summed E-state index contributed by atoms with van der Waals surface area (Å²) < 4.78 is 12.3. The van der Waals surface area contributed by atoms with E-state index in [2.05, 4.69) is 34.6 Å². The summed E-state index contributed by atoms with van der Waals surface area (Å²) in [4.78, 5) is 4.62. The fourth-order valence-corrected chi connectivity index (χ4v) is 3.40. The summed E-state index contributed by atoms with van der Waals surface area (Å²) in [6, 6.07) is 14.4. The maximum absolute atomic E-state index is 5.61. The van der Waals surface area contributed by atoms with Gasteiger partial charge in [0.25, 0.3) is 0 Å². The predicted molar refractivity (Wildman–Crippen MR) is 89.2 cm³/mol. The molecule has 0 fully saturated rings. The van der Waals surface area contributed by atoms with Crippen molar-refractivity contribution in [1.29, 1.82) is 0 Å². The number of thiazole rings is 1. The fraction of sp³-hybridized carbons (Fsp3) is 0.235. The molecule has 3 aromatic rings. The van der Waals surface area contributed by atoms with Gasteiger partial charge in [-0.2, -0.15) is 0 Å². The zero-order valence-electron chi connectivity index (χ0n) is 12.0. The molecule has 22 heavy (non-hydrogen) atoms. The summed E-state index contributed by atoms with van der Waals surface area (Å²) in [5.41, 5.74) is 2.28. The average Bonchev–Trinajstić information content (AvgIpc) is 2.95. The van der Waals surface area contributed by atoms with Crippen LogP contribution in [-0.2, 0) is 6.42 Å². The Labute approximate surface area is 132 Å². The molecule has 112 valence electrons. The second-order valence-electron chi connectivity index (χ2n) is 5.14. The van der Waals surface area contributed by atoms with Crippen LogP contribution in [0.2, 0.25) is 0 Å². The van der Waals surface area contributed by atoms with Gasteiger partial charge in [0.05, 0.1) is 10.2 Å². The molecule has 0 saturated carbocycles. The van der Waals surface area contributed by atoms with Crippen LogP contribution in [0.1, 0.15) is 5.56 Å². The van der Waals surface area contributed by atoms with E-state index < -0.39 is 0 Å². The van der Waals surface area contributed by atoms with Gasteiger partial charge in [-0.05, 0) is 12.0 Å². The van der Waals surface area contributed by atoms with Gasteiger partial charge in [0.1, 0.15) is 13.2 Å². The number of benzene rings is 2. The highest BCUT2D eigenvalue weighted by atomic mass is 32.1. The normalized spacial score (nSPS) is 13.3. The van der Waals surface area contributed by atoms with Crippen LogP contribution in [0.4, 0.5) is 5.13 Å². The summed E-state index contributed by atoms with van der Waals surface area (Å²) in [5, 5.41) is 4.34. The summed E-state index contributed by atoms with van der Waals surface area (Å²) in [6.07, 6.45) is 0.986. The van der Waals surface area contributed by atoms with Crippen molar-refractivity contribution in [2.24, 2.45) is 0 Å². The molecule has 5 heteroatoms. The van der Waals surface area contributed by atoms with E-state index in [4.69, 9.17) is 9.47 Å². The van der Waals surface area contributed by atoms with Crippen molar-refractivity contribution in [2.45, 2.75) is 6.42 Å². The lowest BCUT2D eigenvalue weighted by Gasteiger charge is -2.17. The zero-order chi connectivity index (χ0) is 14.8. The van der Waals surface area contributed by atoms with Crippen molar-refractivity contribution < 1.29 is 9.47 Å². The molecule has 0 atom stereocenters. The van der Waals surface area contributed by atoms with E-state index in [0.717, 1.165) is 39.8 Å². The van der Waals surface area contributed by atoms with Crippen LogP contribution in [0.3, 0.4) is 0 Å². The number of nitrogens with zero attached hydrogens (tertiary/aromatic N) is 1. The van der Waals surface area contributed by atoms with Crippen LogP contribution in [0.25, 0.3) is 10.2 Å². The lowest BCUT2D eigenvalue weighted by Crippen LogP contribution is -2.15. The lowest BCUT2D eigenvalue weighted by molar-refractivity contribution is 0.172. The number of fused-ring (bicyclic) bond motifs is 2. The van der Waals surface area contributed by atoms with Crippen molar-refractivity contribution in [1.82, 2.24) is 4.98 Å². The number of hydrogen-bond acceptors (Lipinski definition) is 5. The first-order valence-corrected chi connectivity index (χ1v) is 8.18. The number of nitrogens with one attached hydrogen (secondary N) is 1. The van der Waals surface area contributed by atoms with Gasteiger partial charge in [0.2, 0.25) is 0 Å². The Hall–Kier alpha value is -2.27. The number of aromatic nitrogens is 1. The SMILES string of the molecule is c1ccc(CCNc2nc3cc4c(cc3s2)OCCO4)cc1. The lowest BCUT2D eigenvalue weighted by atomic mass is 10.2. The van der Waals surface area contributed by atoms with Crippen LogP contribution in [0.15, 0.2) is 42.5 Å². The Balaban J connectivity index is 1.48. The molecule has 1 N–H and O–H groups in total. The Morgan fingerprint density at radius 1 is 1.05 bits per heavy atom. The molecule has 1 aromatic heterocycles. The minimum Gasteiger partial charge on any atom is -0.486 e. The van der Waals surface area contributed by atoms with Crippen molar-refractivity contribution >= 4 is 26.7 Å². The fourth-order valence-electron chi connectivity index (χ4n) is 2.50. The Morgan fingerprint density at radius 2 is 1.82 bits per heavy atom. The molecule has 4 nitrogen and oxygen atoms in total. The van der Waals surface area contributed by atoms with Gasteiger partial charge in [-0.1, -0.05) is 41.7 Å². The zero-order valence-corrected chi connectivity index (χ0v) is 12.9. The minimum atomic E-state index is 0.602. The van der Waals surface area contributed by atoms with Gasteiger partial charge < -0.3 is 14.8 Å². The van der Waals surface area contributed by atoms with Gasteiger partial charge in [-0.25, -0.2) is 4.98 Å². The third-order valence-electron chi connectivity index (χ3n) is 3.59. The van der Waals surface area contributed by atoms with Crippen LogP contribution >= 0.6 is 11.3 Å². The first-order chi connectivity index (χ1) is 10.9. The van der Waals surface area contributed by atoms with Gasteiger partial charge in [-0.3, -0.25) is 0 Å². The first kappa shape index (κ1) is 13.4. The number of ether oxygens (including phenoxy) is 2. The molecule has 1 aliphatic heterocycles. The topological polar surface area (TPSA) is 43.4 Å². The van der Waals surface area contributed by atoms with Crippen LogP contribution in [-0.4, -0.2) is 24.7 Å². The predicted octanol–water partition coefficient (Wildman–Crippen LogP) is 3.72. The quantitative estimate of drug-likeness (QED) is 0.797. The summed E-state index contributed by atoms with van der Waals surface area (Å²) >= 11 is 1.65. The molecule has 0 spiro atoms. The number of hydrogen-bond donors (Lipinski definition) is 1. The highest BCUT2D eigenvalue weighted by Gasteiger charge is 2.15. The summed E-state index contributed by atoms with van der Waals surface area (Å²) in [7, 11) is 0. The molecule has 0 bridgehead atoms. The number of rotatable bonds is 4. The van der Waals surface area contributed by atoms with Crippen LogP contribution < -0.4 is 14.8 Å². The molecular formula is C17H16N2O2S. The second kappa shape index (κ2) is 5.85. The molecule has 0 unspecified atom stereocenters. The third kappa shape index (κ3) is 2.72. The maximum Gasteiger partial charge on any atom is 0.183 e. The Morgan fingerprint density at radius 3 is 2.64 bits per heavy atom. The number of anilines is 1. The molecule has 0 amide bonds. The van der Waals surface area contributed by atoms with E-state index in [1.165, 1.54) is 5.56 Å². The first-order valence-electron chi connectivity index (χ1n) is 7.36. The molecule has 2 aromatic carbocycles. The molecule has 2 heterocycles. The van der Waals surface area contributed by atoms with Gasteiger partial charge >= 0.3 is 0 Å². The molecule has 1 aliphatic rings. The second-order valence-corrected chi connectivity index (χ2v) is 6.18. The standard InChI is InChI=1S/C17H16N2O2S/c1-2-4-12(5-3-1)6-7-18-17-19-13-10-14-15(11-16(13)22-17)21-9-8-20-14/h1-5,10-11H,6-9H2,(H,18,19). The highest BCUT2D eigenvalue weighted by molar-refractivity contribution is 7.22. The van der Waals surface area contributed by atoms with Crippen molar-refractivity contribution in [3.63, 3.8) is 0 Å². The highest BCUT2D eigenvalue weighted by Crippen LogP contribution is 2.37. The van der Waals surface area contributed by atoms with Gasteiger partial charge in [-0.15, -0.1) is 0 Å². The van der Waals surface area contributed by atoms with Crippen molar-refractivity contribution in [3.05, 3.63) is 48.0 Å². The average molecular weight is 312 g/mol. The molecule has 0 saturated heterocycles. The Bertz CT molecular complexity index is 743. The molecule has 0 radical (unpaired) electrons. The van der Waals surface area contributed by atoms with Crippen LogP contribution in [0.5, 0.6) is 11.5 Å². The van der Waals surface area contributed by atoms with Crippen LogP contribution in [0, 0.1) is 0 Å². The minimum absolute atomic E-state index is 0.602. The van der Waals surface area contributed by atoms with Gasteiger partial charge in [0.15, 0.2) is 16.6 Å². The smallest absolute Gasteiger partial charge is 0.183 e. The maximum atomic E-state index is 5.61. The third-order valence-corrected chi connectivity index (χ3v) is 4.56. The van der Waals surface area contributed by atoms with Crippen molar-refractivity contribution in [2.75, 3.05) is 25.1 Å². The van der Waals surface area contributed by atoms with E-state index >= 15 is 0 Å². The Kier molecular flexibility index (Phi) is 3.56. The van der Waals surface area contributed by atoms with E-state index in [9.17, 15) is 0 Å². The summed E-state index contributed by atoms with van der Waals surface area (Å²) in [5.74, 6) is 1.61. The van der Waals surface area contributed by atoms with Gasteiger partial charge in [0, 0.05) is 18.7 Å². The largest absolute Gasteiger partial charge is 0.486 e. The molecule has 0 aliphatic carbocycles. The monoisotopic (exact) mass is 312 g/mol. The van der Waals surface area contributed by atoms with Crippen molar-refractivity contribution in [3.8, 4) is 11.5 Å². The molecule has 4 rings (SSSR count). The summed E-state index contributed by atoms with van der Waals surface area (Å²) in [6.45, 7) is 2.08. The molecular weight excluding hydrogens is 296 g/mol. The van der Waals surface area contributed by atoms with E-state index in [1.54, 1.807) is 11.3 Å². The van der Waals surface area contributed by atoms with E-state index in [-0.39, 0.29) is 0 Å².